The molecular weight excluding hydrogens is 368 g/mol. The fourth-order valence-electron chi connectivity index (χ4n) is 6.45. The highest BCUT2D eigenvalue weighted by Crippen LogP contribution is 2.65. The Bertz CT molecular complexity index is 988. The summed E-state index contributed by atoms with van der Waals surface area (Å²) in [6.45, 7) is 8.19. The van der Waals surface area contributed by atoms with Gasteiger partial charge in [-0.25, -0.2) is 4.79 Å². The van der Waals surface area contributed by atoms with E-state index in [9.17, 15) is 9.90 Å². The molecule has 2 saturated carbocycles. The van der Waals surface area contributed by atoms with E-state index in [0.29, 0.717) is 23.9 Å². The summed E-state index contributed by atoms with van der Waals surface area (Å²) in [5.41, 5.74) is 0.0785. The topological polar surface area (TPSA) is 72.2 Å². The maximum absolute atomic E-state index is 11.5. The molecule has 0 amide bonds. The molecule has 5 atom stereocenters. The third kappa shape index (κ3) is 2.93. The van der Waals surface area contributed by atoms with E-state index in [1.54, 1.807) is 12.1 Å². The molecule has 1 aromatic heterocycles. The highest BCUT2D eigenvalue weighted by Gasteiger charge is 2.66. The average Bonchev–Trinajstić information content (AvgIpc) is 3.44. The molecule has 0 radical (unpaired) electrons. The lowest BCUT2D eigenvalue weighted by Gasteiger charge is -2.60. The third-order valence-corrected chi connectivity index (χ3v) is 8.32. The highest BCUT2D eigenvalue weighted by molar-refractivity contribution is 5.77. The average molecular weight is 398 g/mol. The van der Waals surface area contributed by atoms with Crippen molar-refractivity contribution in [3.8, 4) is 5.75 Å². The van der Waals surface area contributed by atoms with Crippen LogP contribution in [0.4, 0.5) is 0 Å². The van der Waals surface area contributed by atoms with Crippen LogP contribution < -0.4 is 10.4 Å². The van der Waals surface area contributed by atoms with Crippen molar-refractivity contribution in [1.82, 2.24) is 0 Å². The van der Waals surface area contributed by atoms with Crippen molar-refractivity contribution in [3.63, 3.8) is 0 Å². The molecule has 1 aromatic carbocycles. The van der Waals surface area contributed by atoms with E-state index >= 15 is 0 Å². The summed E-state index contributed by atoms with van der Waals surface area (Å²) in [5.74, 6) is 1.43. The molecule has 3 aliphatic rings. The molecular formula is C24H30O5. The Labute approximate surface area is 171 Å². The molecule has 3 fully saturated rings. The van der Waals surface area contributed by atoms with Crippen molar-refractivity contribution in [1.29, 1.82) is 0 Å². The molecule has 156 valence electrons. The molecule has 2 aliphatic carbocycles. The maximum atomic E-state index is 11.5. The van der Waals surface area contributed by atoms with Gasteiger partial charge in [0.2, 0.25) is 0 Å². The molecule has 0 bridgehead atoms. The van der Waals surface area contributed by atoms with Crippen LogP contribution in [0.3, 0.4) is 0 Å². The first-order valence-electron chi connectivity index (χ1n) is 10.7. The number of ether oxygens (including phenoxy) is 2. The number of hydrogen-bond acceptors (Lipinski definition) is 5. The summed E-state index contributed by atoms with van der Waals surface area (Å²) >= 11 is 0. The van der Waals surface area contributed by atoms with Gasteiger partial charge >= 0.3 is 5.63 Å². The largest absolute Gasteiger partial charge is 0.493 e. The van der Waals surface area contributed by atoms with Crippen LogP contribution in [0.15, 0.2) is 39.5 Å². The van der Waals surface area contributed by atoms with E-state index in [4.69, 9.17) is 13.9 Å². The number of aliphatic hydroxyl groups is 1. The maximum Gasteiger partial charge on any atom is 0.336 e. The van der Waals surface area contributed by atoms with Crippen LogP contribution in [0.25, 0.3) is 11.0 Å². The van der Waals surface area contributed by atoms with Crippen molar-refractivity contribution < 1.29 is 19.0 Å². The van der Waals surface area contributed by atoms with Crippen LogP contribution >= 0.6 is 0 Å². The number of epoxide rings is 1. The van der Waals surface area contributed by atoms with Gasteiger partial charge in [0, 0.05) is 23.4 Å². The van der Waals surface area contributed by atoms with Crippen molar-refractivity contribution in [2.45, 2.75) is 58.2 Å². The molecule has 1 aliphatic heterocycles. The second-order valence-corrected chi connectivity index (χ2v) is 10.1. The summed E-state index contributed by atoms with van der Waals surface area (Å²) in [5, 5.41) is 11.5. The molecule has 2 aromatic rings. The first-order chi connectivity index (χ1) is 13.7. The minimum Gasteiger partial charge on any atom is -0.493 e. The van der Waals surface area contributed by atoms with Crippen molar-refractivity contribution in [3.05, 3.63) is 40.8 Å². The van der Waals surface area contributed by atoms with Crippen molar-refractivity contribution in [2.24, 2.45) is 22.7 Å². The van der Waals surface area contributed by atoms with Crippen molar-refractivity contribution >= 4 is 11.0 Å². The molecule has 5 heteroatoms. The zero-order chi connectivity index (χ0) is 20.4. The van der Waals surface area contributed by atoms with Gasteiger partial charge in [0.1, 0.15) is 11.3 Å². The van der Waals surface area contributed by atoms with Gasteiger partial charge in [0.25, 0.3) is 0 Å². The second kappa shape index (κ2) is 6.32. The van der Waals surface area contributed by atoms with Gasteiger partial charge in [-0.15, -0.1) is 0 Å². The second-order valence-electron chi connectivity index (χ2n) is 10.1. The van der Waals surface area contributed by atoms with Gasteiger partial charge in [-0.1, -0.05) is 20.8 Å². The summed E-state index contributed by atoms with van der Waals surface area (Å²) < 4.78 is 17.6. The minimum absolute atomic E-state index is 0.0703. The Morgan fingerprint density at radius 3 is 2.66 bits per heavy atom. The molecule has 29 heavy (non-hydrogen) atoms. The van der Waals surface area contributed by atoms with E-state index in [1.807, 2.05) is 12.1 Å². The van der Waals surface area contributed by atoms with Crippen LogP contribution in [-0.4, -0.2) is 30.0 Å². The van der Waals surface area contributed by atoms with Gasteiger partial charge in [-0.2, -0.15) is 0 Å². The Hall–Kier alpha value is -1.85. The Kier molecular flexibility index (Phi) is 4.17. The molecule has 2 heterocycles. The molecule has 1 spiro atoms. The lowest BCUT2D eigenvalue weighted by Crippen LogP contribution is -2.59. The summed E-state index contributed by atoms with van der Waals surface area (Å²) in [7, 11) is 0. The lowest BCUT2D eigenvalue weighted by atomic mass is 9.46. The van der Waals surface area contributed by atoms with E-state index in [1.165, 1.54) is 6.07 Å². The smallest absolute Gasteiger partial charge is 0.336 e. The predicted octanol–water partition coefficient (Wildman–Crippen LogP) is 4.15. The van der Waals surface area contributed by atoms with Crippen LogP contribution in [-0.2, 0) is 4.74 Å². The molecule has 5 rings (SSSR count). The minimum atomic E-state index is -0.356. The summed E-state index contributed by atoms with van der Waals surface area (Å²) in [6.07, 6.45) is 3.70. The van der Waals surface area contributed by atoms with E-state index in [-0.39, 0.29) is 34.1 Å². The van der Waals surface area contributed by atoms with E-state index in [2.05, 4.69) is 20.8 Å². The number of rotatable bonds is 3. The molecule has 1 saturated heterocycles. The van der Waals surface area contributed by atoms with Crippen LogP contribution in [0, 0.1) is 22.7 Å². The van der Waals surface area contributed by atoms with Gasteiger partial charge in [0.05, 0.1) is 24.9 Å². The fraction of sp³-hybridized carbons (Fsp3) is 0.625. The number of aliphatic hydroxyl groups excluding tert-OH is 1. The van der Waals surface area contributed by atoms with Gasteiger partial charge in [0.15, 0.2) is 0 Å². The molecule has 5 nitrogen and oxygen atoms in total. The Morgan fingerprint density at radius 2 is 1.90 bits per heavy atom. The first-order valence-corrected chi connectivity index (χ1v) is 10.7. The molecule has 1 N–H and O–H groups in total. The SMILES string of the molecule is CC1(C)C(O)CCC2(C)C(COc3ccc4ccc(=O)oc4c3)C3(CCC12)CO3. The van der Waals surface area contributed by atoms with Crippen LogP contribution in [0.2, 0.25) is 0 Å². The number of benzene rings is 1. The lowest BCUT2D eigenvalue weighted by molar-refractivity contribution is -0.160. The van der Waals surface area contributed by atoms with Crippen LogP contribution in [0.1, 0.15) is 46.5 Å². The Morgan fingerprint density at radius 1 is 1.14 bits per heavy atom. The number of fused-ring (bicyclic) bond motifs is 2. The van der Waals surface area contributed by atoms with Gasteiger partial charge in [-0.05, 0) is 60.6 Å². The standard InChI is InChI=1S/C24H30O5/c1-22(2)18-8-11-24(14-28-24)19(23(18,3)10-9-20(22)25)13-27-16-6-4-15-5-7-21(26)29-17(15)12-16/h4-7,12,18-20,25H,8-11,13-14H2,1-3H3. The quantitative estimate of drug-likeness (QED) is 0.621. The Balaban J connectivity index is 1.42. The van der Waals surface area contributed by atoms with E-state index < -0.39 is 0 Å². The van der Waals surface area contributed by atoms with Gasteiger partial charge < -0.3 is 19.0 Å². The first kappa shape index (κ1) is 19.1. The zero-order valence-corrected chi connectivity index (χ0v) is 17.4. The number of hydrogen-bond donors (Lipinski definition) is 1. The molecule has 5 unspecified atom stereocenters. The predicted molar refractivity (Wildman–Crippen MR) is 110 cm³/mol. The van der Waals surface area contributed by atoms with Crippen molar-refractivity contribution in [2.75, 3.05) is 13.2 Å². The summed E-state index contributed by atoms with van der Waals surface area (Å²) in [6, 6.07) is 8.84. The van der Waals surface area contributed by atoms with Gasteiger partial charge in [-0.3, -0.25) is 0 Å². The zero-order valence-electron chi connectivity index (χ0n) is 17.4. The fourth-order valence-corrected chi connectivity index (χ4v) is 6.45. The monoisotopic (exact) mass is 398 g/mol. The normalized spacial score (nSPS) is 38.0. The third-order valence-electron chi connectivity index (χ3n) is 8.32. The van der Waals surface area contributed by atoms with Crippen LogP contribution in [0.5, 0.6) is 5.75 Å². The summed E-state index contributed by atoms with van der Waals surface area (Å²) in [4.78, 5) is 11.5. The van der Waals surface area contributed by atoms with E-state index in [0.717, 1.165) is 37.7 Å². The highest BCUT2D eigenvalue weighted by atomic mass is 16.6.